The Bertz CT molecular complexity index is 1450. The number of amides is 1. The number of phenolic OH excluding ortho intramolecular Hbond substituents is 1. The molecular formula is C28H27N3O6. The van der Waals surface area contributed by atoms with E-state index in [2.05, 4.69) is 9.88 Å². The van der Waals surface area contributed by atoms with Crippen molar-refractivity contribution < 1.29 is 23.8 Å². The third kappa shape index (κ3) is 5.41. The van der Waals surface area contributed by atoms with E-state index in [4.69, 9.17) is 13.9 Å². The lowest BCUT2D eigenvalue weighted by Crippen LogP contribution is -2.49. The van der Waals surface area contributed by atoms with E-state index in [1.54, 1.807) is 42.5 Å². The summed E-state index contributed by atoms with van der Waals surface area (Å²) in [4.78, 5) is 34.0. The monoisotopic (exact) mass is 501 g/mol. The number of benzene rings is 2. The van der Waals surface area contributed by atoms with Gasteiger partial charge < -0.3 is 23.9 Å². The zero-order valence-corrected chi connectivity index (χ0v) is 20.4. The number of nitrogens with zero attached hydrogens (tertiary/aromatic N) is 3. The second kappa shape index (κ2) is 10.7. The molecule has 1 amide bonds. The van der Waals surface area contributed by atoms with Crippen molar-refractivity contribution in [2.45, 2.75) is 6.54 Å². The lowest BCUT2D eigenvalue weighted by atomic mass is 10.0. The normalized spacial score (nSPS) is 14.0. The first-order valence-electron chi connectivity index (χ1n) is 12.0. The Hall–Kier alpha value is -4.37. The average molecular weight is 502 g/mol. The third-order valence-corrected chi connectivity index (χ3v) is 6.45. The molecule has 1 aliphatic heterocycles. The number of pyridine rings is 1. The van der Waals surface area contributed by atoms with Gasteiger partial charge in [-0.15, -0.1) is 0 Å². The van der Waals surface area contributed by atoms with Gasteiger partial charge in [-0.2, -0.15) is 0 Å². The molecule has 0 unspecified atom stereocenters. The fraction of sp³-hybridized carbons (Fsp3) is 0.250. The zero-order chi connectivity index (χ0) is 25.8. The number of rotatable bonds is 7. The van der Waals surface area contributed by atoms with Crippen molar-refractivity contribution in [3.8, 4) is 28.4 Å². The predicted octanol–water partition coefficient (Wildman–Crippen LogP) is 3.29. The van der Waals surface area contributed by atoms with E-state index in [0.717, 1.165) is 25.2 Å². The highest BCUT2D eigenvalue weighted by atomic mass is 16.5. The predicted molar refractivity (Wildman–Crippen MR) is 138 cm³/mol. The van der Waals surface area contributed by atoms with Crippen LogP contribution in [0.2, 0.25) is 0 Å². The maximum Gasteiger partial charge on any atom is 0.260 e. The van der Waals surface area contributed by atoms with Gasteiger partial charge in [0.1, 0.15) is 34.5 Å². The molecule has 0 aliphatic carbocycles. The number of hydrogen-bond donors (Lipinski definition) is 1. The van der Waals surface area contributed by atoms with Gasteiger partial charge in [-0.3, -0.25) is 19.5 Å². The Morgan fingerprint density at radius 3 is 2.57 bits per heavy atom. The van der Waals surface area contributed by atoms with Crippen molar-refractivity contribution in [3.05, 3.63) is 83.0 Å². The Balaban J connectivity index is 1.22. The molecule has 9 nitrogen and oxygen atoms in total. The second-order valence-corrected chi connectivity index (χ2v) is 8.83. The molecule has 0 radical (unpaired) electrons. The number of phenols is 1. The van der Waals surface area contributed by atoms with E-state index in [9.17, 15) is 14.7 Å². The van der Waals surface area contributed by atoms with E-state index in [0.29, 0.717) is 30.0 Å². The van der Waals surface area contributed by atoms with Crippen LogP contribution in [0.5, 0.6) is 17.2 Å². The van der Waals surface area contributed by atoms with Gasteiger partial charge in [0.2, 0.25) is 5.43 Å². The van der Waals surface area contributed by atoms with Gasteiger partial charge in [0.15, 0.2) is 6.61 Å². The fourth-order valence-corrected chi connectivity index (χ4v) is 4.40. The average Bonchev–Trinajstić information content (AvgIpc) is 2.93. The summed E-state index contributed by atoms with van der Waals surface area (Å²) in [6.07, 6.45) is 4.96. The Labute approximate surface area is 213 Å². The van der Waals surface area contributed by atoms with Crippen LogP contribution in [0.3, 0.4) is 0 Å². The molecule has 3 heterocycles. The van der Waals surface area contributed by atoms with Gasteiger partial charge in [-0.25, -0.2) is 0 Å². The second-order valence-electron chi connectivity index (χ2n) is 8.83. The number of aromatic nitrogens is 1. The molecule has 37 heavy (non-hydrogen) atoms. The van der Waals surface area contributed by atoms with Gasteiger partial charge in [0.05, 0.1) is 12.7 Å². The molecule has 2 aromatic heterocycles. The van der Waals surface area contributed by atoms with E-state index in [-0.39, 0.29) is 40.4 Å². The number of carbonyl (C=O) groups excluding carboxylic acids is 1. The molecule has 1 N–H and O–H groups in total. The molecule has 0 bridgehead atoms. The van der Waals surface area contributed by atoms with Crippen LogP contribution in [0.4, 0.5) is 0 Å². The smallest absolute Gasteiger partial charge is 0.260 e. The molecule has 1 aliphatic rings. The summed E-state index contributed by atoms with van der Waals surface area (Å²) in [5.74, 6) is 0.499. The van der Waals surface area contributed by atoms with Crippen LogP contribution in [0.1, 0.15) is 5.56 Å². The molecule has 1 saturated heterocycles. The minimum absolute atomic E-state index is 0.0525. The molecule has 0 saturated carbocycles. The highest BCUT2D eigenvalue weighted by Gasteiger charge is 2.22. The van der Waals surface area contributed by atoms with Crippen LogP contribution in [0, 0.1) is 0 Å². The number of fused-ring (bicyclic) bond motifs is 1. The molecule has 4 aromatic rings. The van der Waals surface area contributed by atoms with Crippen molar-refractivity contribution in [2.75, 3.05) is 39.9 Å². The summed E-state index contributed by atoms with van der Waals surface area (Å²) < 4.78 is 16.5. The highest BCUT2D eigenvalue weighted by Crippen LogP contribution is 2.31. The van der Waals surface area contributed by atoms with Crippen LogP contribution in [-0.4, -0.2) is 65.7 Å². The van der Waals surface area contributed by atoms with Gasteiger partial charge in [0.25, 0.3) is 5.91 Å². The summed E-state index contributed by atoms with van der Waals surface area (Å²) >= 11 is 0. The number of aromatic hydroxyl groups is 1. The Morgan fingerprint density at radius 1 is 1.08 bits per heavy atom. The van der Waals surface area contributed by atoms with Crippen molar-refractivity contribution >= 4 is 16.9 Å². The van der Waals surface area contributed by atoms with Crippen LogP contribution >= 0.6 is 0 Å². The summed E-state index contributed by atoms with van der Waals surface area (Å²) in [5.41, 5.74) is 1.91. The first kappa shape index (κ1) is 24.3. The SMILES string of the molecule is COc1ccc(-c2coc3cc(OCC(=O)N4CCN(Cc5cccnc5)CC4)cc(O)c3c2=O)cc1. The van der Waals surface area contributed by atoms with Crippen LogP contribution in [0.25, 0.3) is 22.1 Å². The van der Waals surface area contributed by atoms with Crippen LogP contribution in [0.15, 0.2) is 76.4 Å². The summed E-state index contributed by atoms with van der Waals surface area (Å²) in [6, 6.07) is 13.8. The standard InChI is InChI=1S/C28H27N3O6/c1-35-21-6-4-20(5-7-21)23-17-37-25-14-22(13-24(32)27(25)28(23)34)36-18-26(33)31-11-9-30(10-12-31)16-19-3-2-8-29-15-19/h2-8,13-15,17,32H,9-12,16,18H2,1H3. The third-order valence-electron chi connectivity index (χ3n) is 6.45. The van der Waals surface area contributed by atoms with E-state index in [1.807, 2.05) is 18.3 Å². The molecule has 1 fully saturated rings. The number of piperazine rings is 1. The largest absolute Gasteiger partial charge is 0.507 e. The summed E-state index contributed by atoms with van der Waals surface area (Å²) in [5, 5.41) is 10.6. The Morgan fingerprint density at radius 2 is 1.86 bits per heavy atom. The molecule has 5 rings (SSSR count). The first-order valence-corrected chi connectivity index (χ1v) is 12.0. The quantitative estimate of drug-likeness (QED) is 0.411. The van der Waals surface area contributed by atoms with Crippen LogP contribution < -0.4 is 14.9 Å². The van der Waals surface area contributed by atoms with Gasteiger partial charge in [-0.1, -0.05) is 18.2 Å². The summed E-state index contributed by atoms with van der Waals surface area (Å²) in [7, 11) is 1.57. The van der Waals surface area contributed by atoms with Crippen molar-refractivity contribution in [3.63, 3.8) is 0 Å². The summed E-state index contributed by atoms with van der Waals surface area (Å²) in [6.45, 7) is 3.36. The van der Waals surface area contributed by atoms with Gasteiger partial charge in [0, 0.05) is 57.3 Å². The van der Waals surface area contributed by atoms with Crippen molar-refractivity contribution in [1.29, 1.82) is 0 Å². The lowest BCUT2D eigenvalue weighted by molar-refractivity contribution is -0.135. The number of methoxy groups -OCH3 is 1. The highest BCUT2D eigenvalue weighted by molar-refractivity contribution is 5.88. The maximum absolute atomic E-state index is 13.1. The molecule has 2 aromatic carbocycles. The molecular weight excluding hydrogens is 474 g/mol. The van der Waals surface area contributed by atoms with E-state index >= 15 is 0 Å². The minimum atomic E-state index is -0.365. The van der Waals surface area contributed by atoms with Gasteiger partial charge >= 0.3 is 0 Å². The zero-order valence-electron chi connectivity index (χ0n) is 20.4. The topological polar surface area (TPSA) is 105 Å². The van der Waals surface area contributed by atoms with E-state index in [1.165, 1.54) is 18.4 Å². The molecule has 190 valence electrons. The first-order chi connectivity index (χ1) is 18.0. The molecule has 9 heteroatoms. The van der Waals surface area contributed by atoms with Crippen molar-refractivity contribution in [2.24, 2.45) is 0 Å². The maximum atomic E-state index is 13.1. The number of hydrogen-bond acceptors (Lipinski definition) is 8. The molecule has 0 atom stereocenters. The minimum Gasteiger partial charge on any atom is -0.507 e. The van der Waals surface area contributed by atoms with Crippen molar-refractivity contribution in [1.82, 2.24) is 14.8 Å². The fourth-order valence-electron chi connectivity index (χ4n) is 4.40. The lowest BCUT2D eigenvalue weighted by Gasteiger charge is -2.34. The van der Waals surface area contributed by atoms with Gasteiger partial charge in [-0.05, 0) is 29.3 Å². The van der Waals surface area contributed by atoms with E-state index < -0.39 is 0 Å². The Kier molecular flexibility index (Phi) is 7.04. The molecule has 0 spiro atoms. The number of ether oxygens (including phenoxy) is 2. The van der Waals surface area contributed by atoms with Crippen LogP contribution in [-0.2, 0) is 11.3 Å². The number of carbonyl (C=O) groups is 1.